The first-order valence-corrected chi connectivity index (χ1v) is 7.46. The zero-order chi connectivity index (χ0) is 12.7. The molecule has 1 saturated heterocycles. The number of hydrogen-bond donors (Lipinski definition) is 1. The Balaban J connectivity index is 2.51. The maximum Gasteiger partial charge on any atom is 0.224 e. The van der Waals surface area contributed by atoms with Gasteiger partial charge < -0.3 is 15.4 Å². The Morgan fingerprint density at radius 3 is 2.94 bits per heavy atom. The summed E-state index contributed by atoms with van der Waals surface area (Å²) in [6.45, 7) is 3.31. The lowest BCUT2D eigenvalue weighted by atomic mass is 10.1. The van der Waals surface area contributed by atoms with Crippen LogP contribution in [-0.4, -0.2) is 54.7 Å². The van der Waals surface area contributed by atoms with Gasteiger partial charge in [-0.3, -0.25) is 4.79 Å². The number of hydrogen-bond acceptors (Lipinski definition) is 4. The number of nitrogens with two attached hydrogens (primary N) is 1. The maximum atomic E-state index is 12.2. The summed E-state index contributed by atoms with van der Waals surface area (Å²) >= 11 is 1.92. The molecule has 1 aliphatic rings. The lowest BCUT2D eigenvalue weighted by molar-refractivity contribution is -0.134. The van der Waals surface area contributed by atoms with Gasteiger partial charge in [0.2, 0.25) is 5.91 Å². The Kier molecular flexibility index (Phi) is 6.92. The van der Waals surface area contributed by atoms with Gasteiger partial charge >= 0.3 is 0 Å². The third-order valence-electron chi connectivity index (χ3n) is 3.16. The van der Waals surface area contributed by atoms with Crippen molar-refractivity contribution in [1.82, 2.24) is 4.90 Å². The van der Waals surface area contributed by atoms with Crippen LogP contribution in [0.25, 0.3) is 0 Å². The Morgan fingerprint density at radius 1 is 1.65 bits per heavy atom. The number of carbonyl (C=O) groups is 1. The van der Waals surface area contributed by atoms with Crippen molar-refractivity contribution in [3.05, 3.63) is 0 Å². The third-order valence-corrected chi connectivity index (χ3v) is 4.31. The maximum absolute atomic E-state index is 12.2. The van der Waals surface area contributed by atoms with Gasteiger partial charge in [-0.2, -0.15) is 11.8 Å². The highest BCUT2D eigenvalue weighted by Crippen LogP contribution is 2.23. The van der Waals surface area contributed by atoms with Gasteiger partial charge in [-0.15, -0.1) is 0 Å². The average molecular weight is 260 g/mol. The van der Waals surface area contributed by atoms with E-state index in [4.69, 9.17) is 10.5 Å². The van der Waals surface area contributed by atoms with Crippen LogP contribution in [0, 0.1) is 0 Å². The zero-order valence-corrected chi connectivity index (χ0v) is 11.7. The first-order valence-electron chi connectivity index (χ1n) is 6.30. The highest BCUT2D eigenvalue weighted by molar-refractivity contribution is 7.99. The predicted molar refractivity (Wildman–Crippen MR) is 72.2 cm³/mol. The fourth-order valence-corrected chi connectivity index (χ4v) is 3.18. The number of amides is 1. The van der Waals surface area contributed by atoms with Crippen LogP contribution in [0.1, 0.15) is 26.2 Å². The van der Waals surface area contributed by atoms with Gasteiger partial charge in [0.25, 0.3) is 0 Å². The Bertz CT molecular complexity index is 233. The van der Waals surface area contributed by atoms with Crippen LogP contribution >= 0.6 is 11.8 Å². The van der Waals surface area contributed by atoms with Crippen LogP contribution in [0.5, 0.6) is 0 Å². The fourth-order valence-electron chi connectivity index (χ4n) is 1.95. The van der Waals surface area contributed by atoms with Gasteiger partial charge in [-0.1, -0.05) is 6.92 Å². The van der Waals surface area contributed by atoms with Crippen LogP contribution < -0.4 is 5.73 Å². The lowest BCUT2D eigenvalue weighted by Gasteiger charge is -2.29. The number of methoxy groups -OCH3 is 1. The van der Waals surface area contributed by atoms with Crippen molar-refractivity contribution in [2.24, 2.45) is 5.73 Å². The smallest absolute Gasteiger partial charge is 0.224 e. The second-order valence-electron chi connectivity index (χ2n) is 4.47. The summed E-state index contributed by atoms with van der Waals surface area (Å²) in [5.41, 5.74) is 5.86. The molecule has 100 valence electrons. The average Bonchev–Trinajstić information content (AvgIpc) is 2.83. The SMILES string of the molecule is CCC(N)CC(=O)N(CCOC)C1CCSC1. The summed E-state index contributed by atoms with van der Waals surface area (Å²) in [5, 5.41) is 0. The van der Waals surface area contributed by atoms with Gasteiger partial charge in [0.05, 0.1) is 6.61 Å². The molecule has 4 nitrogen and oxygen atoms in total. The molecular weight excluding hydrogens is 236 g/mol. The van der Waals surface area contributed by atoms with Gasteiger partial charge in [0, 0.05) is 37.9 Å². The summed E-state index contributed by atoms with van der Waals surface area (Å²) < 4.78 is 5.08. The molecular formula is C12H24N2O2S. The van der Waals surface area contributed by atoms with E-state index in [0.29, 0.717) is 25.6 Å². The van der Waals surface area contributed by atoms with Crippen molar-refractivity contribution in [3.8, 4) is 0 Å². The molecule has 0 bridgehead atoms. The molecule has 1 rings (SSSR count). The number of thioether (sulfide) groups is 1. The molecule has 1 fully saturated rings. The van der Waals surface area contributed by atoms with Crippen LogP contribution in [0.4, 0.5) is 0 Å². The molecule has 17 heavy (non-hydrogen) atoms. The van der Waals surface area contributed by atoms with E-state index in [2.05, 4.69) is 0 Å². The lowest BCUT2D eigenvalue weighted by Crippen LogP contribution is -2.44. The van der Waals surface area contributed by atoms with Crippen LogP contribution in [-0.2, 0) is 9.53 Å². The summed E-state index contributed by atoms with van der Waals surface area (Å²) in [5.74, 6) is 2.39. The van der Waals surface area contributed by atoms with Gasteiger partial charge in [-0.05, 0) is 18.6 Å². The number of ether oxygens (including phenoxy) is 1. The summed E-state index contributed by atoms with van der Waals surface area (Å²) in [7, 11) is 1.67. The standard InChI is InChI=1S/C12H24N2O2S/c1-3-10(13)8-12(15)14(5-6-16-2)11-4-7-17-9-11/h10-11H,3-9,13H2,1-2H3. The van der Waals surface area contributed by atoms with Gasteiger partial charge in [0.15, 0.2) is 0 Å². The summed E-state index contributed by atoms with van der Waals surface area (Å²) in [6.07, 6.45) is 2.41. The number of rotatable bonds is 7. The Labute approximate surface area is 108 Å². The van der Waals surface area contributed by atoms with E-state index in [9.17, 15) is 4.79 Å². The Hall–Kier alpha value is -0.260. The van der Waals surface area contributed by atoms with Gasteiger partial charge in [-0.25, -0.2) is 0 Å². The minimum absolute atomic E-state index is 0.0124. The van der Waals surface area contributed by atoms with Gasteiger partial charge in [0.1, 0.15) is 0 Å². The van der Waals surface area contributed by atoms with E-state index in [1.54, 1.807) is 7.11 Å². The Morgan fingerprint density at radius 2 is 2.41 bits per heavy atom. The minimum atomic E-state index is -0.0124. The predicted octanol–water partition coefficient (Wildman–Crippen LogP) is 1.09. The first-order chi connectivity index (χ1) is 8.19. The van der Waals surface area contributed by atoms with Crippen molar-refractivity contribution in [2.45, 2.75) is 38.3 Å². The minimum Gasteiger partial charge on any atom is -0.383 e. The van der Waals surface area contributed by atoms with Crippen LogP contribution in [0.3, 0.4) is 0 Å². The molecule has 0 aliphatic carbocycles. The molecule has 0 saturated carbocycles. The van der Waals surface area contributed by atoms with E-state index in [0.717, 1.165) is 24.3 Å². The highest BCUT2D eigenvalue weighted by atomic mass is 32.2. The zero-order valence-electron chi connectivity index (χ0n) is 10.9. The van der Waals surface area contributed by atoms with Crippen molar-refractivity contribution < 1.29 is 9.53 Å². The fraction of sp³-hybridized carbons (Fsp3) is 0.917. The van der Waals surface area contributed by atoms with Crippen molar-refractivity contribution in [1.29, 1.82) is 0 Å². The molecule has 0 aromatic carbocycles. The largest absolute Gasteiger partial charge is 0.383 e. The molecule has 2 atom stereocenters. The third kappa shape index (κ3) is 4.85. The van der Waals surface area contributed by atoms with Crippen LogP contribution in [0.15, 0.2) is 0 Å². The number of nitrogens with zero attached hydrogens (tertiary/aromatic N) is 1. The molecule has 1 aliphatic heterocycles. The quantitative estimate of drug-likeness (QED) is 0.744. The second-order valence-corrected chi connectivity index (χ2v) is 5.62. The molecule has 1 heterocycles. The second kappa shape index (κ2) is 7.95. The van der Waals surface area contributed by atoms with Crippen molar-refractivity contribution in [2.75, 3.05) is 31.8 Å². The van der Waals surface area contributed by atoms with E-state index in [1.807, 2.05) is 23.6 Å². The normalized spacial score (nSPS) is 21.5. The van der Waals surface area contributed by atoms with Crippen molar-refractivity contribution >= 4 is 17.7 Å². The van der Waals surface area contributed by atoms with E-state index in [1.165, 1.54) is 0 Å². The summed E-state index contributed by atoms with van der Waals surface area (Å²) in [4.78, 5) is 14.2. The molecule has 2 unspecified atom stereocenters. The molecule has 2 N–H and O–H groups in total. The number of carbonyl (C=O) groups excluding carboxylic acids is 1. The summed E-state index contributed by atoms with van der Waals surface area (Å²) in [6, 6.07) is 0.369. The molecule has 5 heteroatoms. The van der Waals surface area contributed by atoms with E-state index in [-0.39, 0.29) is 11.9 Å². The molecule has 1 amide bonds. The van der Waals surface area contributed by atoms with E-state index < -0.39 is 0 Å². The molecule has 0 aromatic rings. The molecule has 0 spiro atoms. The molecule has 0 radical (unpaired) electrons. The van der Waals surface area contributed by atoms with Crippen molar-refractivity contribution in [3.63, 3.8) is 0 Å². The highest BCUT2D eigenvalue weighted by Gasteiger charge is 2.27. The molecule has 0 aromatic heterocycles. The first kappa shape index (κ1) is 14.8. The van der Waals surface area contributed by atoms with E-state index >= 15 is 0 Å². The topological polar surface area (TPSA) is 55.6 Å². The monoisotopic (exact) mass is 260 g/mol. The van der Waals surface area contributed by atoms with Crippen LogP contribution in [0.2, 0.25) is 0 Å².